The van der Waals surface area contributed by atoms with Crippen LogP contribution in [0.2, 0.25) is 0 Å². The van der Waals surface area contributed by atoms with E-state index in [1.165, 1.54) is 21.3 Å². The van der Waals surface area contributed by atoms with E-state index in [9.17, 15) is 0 Å². The van der Waals surface area contributed by atoms with Gasteiger partial charge in [0.25, 0.3) is 5.88 Å². The van der Waals surface area contributed by atoms with Crippen LogP contribution in [0.3, 0.4) is 0 Å². The normalized spacial score (nSPS) is 9.25. The second-order valence-corrected chi connectivity index (χ2v) is 1.99. The zero-order chi connectivity index (χ0) is 8.97. The van der Waals surface area contributed by atoms with Gasteiger partial charge in [-0.1, -0.05) is 0 Å². The molecule has 4 heteroatoms. The number of aromatic nitrogens is 1. The van der Waals surface area contributed by atoms with Gasteiger partial charge in [0, 0.05) is 12.1 Å². The fourth-order valence-corrected chi connectivity index (χ4v) is 0.761. The third kappa shape index (κ3) is 1.58. The Morgan fingerprint density at radius 1 is 1.17 bits per heavy atom. The van der Waals surface area contributed by atoms with Crippen molar-refractivity contribution in [3.8, 4) is 17.5 Å². The highest BCUT2D eigenvalue weighted by Gasteiger charge is 2.05. The topological polar surface area (TPSA) is 40.6 Å². The number of ether oxygens (including phenoxy) is 3. The van der Waals surface area contributed by atoms with E-state index in [0.717, 1.165) is 0 Å². The van der Waals surface area contributed by atoms with Crippen molar-refractivity contribution in [2.45, 2.75) is 0 Å². The van der Waals surface area contributed by atoms with Crippen LogP contribution in [0.4, 0.5) is 0 Å². The fraction of sp³-hybridized carbons (Fsp3) is 0.375. The molecule has 0 aromatic carbocycles. The molecule has 0 aliphatic rings. The quantitative estimate of drug-likeness (QED) is 0.672. The van der Waals surface area contributed by atoms with Crippen LogP contribution in [0, 0.1) is 6.07 Å². The van der Waals surface area contributed by atoms with Crippen molar-refractivity contribution < 1.29 is 14.2 Å². The molecule has 0 unspecified atom stereocenters. The first kappa shape index (κ1) is 8.64. The summed E-state index contributed by atoms with van der Waals surface area (Å²) in [5.74, 6) is 1.29. The number of rotatable bonds is 3. The predicted molar refractivity (Wildman–Crippen MR) is 42.7 cm³/mol. The molecule has 1 aromatic rings. The summed E-state index contributed by atoms with van der Waals surface area (Å²) < 4.78 is 14.7. The molecule has 0 fully saturated rings. The summed E-state index contributed by atoms with van der Waals surface area (Å²) in [6, 6.07) is 4.41. The number of nitrogens with zero attached hydrogens (tertiary/aromatic N) is 1. The zero-order valence-electron chi connectivity index (χ0n) is 7.25. The average Bonchev–Trinajstić information content (AvgIpc) is 2.16. The van der Waals surface area contributed by atoms with Crippen molar-refractivity contribution in [2.75, 3.05) is 21.3 Å². The van der Waals surface area contributed by atoms with E-state index < -0.39 is 0 Å². The Morgan fingerprint density at radius 2 is 1.92 bits per heavy atom. The van der Waals surface area contributed by atoms with Crippen LogP contribution in [0.5, 0.6) is 17.5 Å². The monoisotopic (exact) mass is 168 g/mol. The molecule has 0 saturated heterocycles. The molecule has 1 rings (SSSR count). The van der Waals surface area contributed by atoms with Gasteiger partial charge in [0.2, 0.25) is 5.88 Å². The molecule has 0 aliphatic carbocycles. The van der Waals surface area contributed by atoms with Crippen molar-refractivity contribution in [2.24, 2.45) is 0 Å². The Bertz CT molecular complexity index is 262. The second-order valence-electron chi connectivity index (χ2n) is 1.99. The lowest BCUT2D eigenvalue weighted by molar-refractivity contribution is 0.328. The van der Waals surface area contributed by atoms with Gasteiger partial charge in [-0.25, -0.2) is 0 Å². The lowest BCUT2D eigenvalue weighted by atomic mass is 10.4. The largest absolute Gasteiger partial charge is 0.491 e. The molecule has 1 aromatic heterocycles. The SMILES string of the molecule is COc1c[c]c(OC)c(OC)n1. The highest BCUT2D eigenvalue weighted by atomic mass is 16.5. The molecular weight excluding hydrogens is 158 g/mol. The van der Waals surface area contributed by atoms with Gasteiger partial charge >= 0.3 is 0 Å². The third-order valence-electron chi connectivity index (χ3n) is 1.34. The van der Waals surface area contributed by atoms with E-state index in [2.05, 4.69) is 11.1 Å². The van der Waals surface area contributed by atoms with Gasteiger partial charge < -0.3 is 14.2 Å². The predicted octanol–water partition coefficient (Wildman–Crippen LogP) is 0.908. The number of hydrogen-bond acceptors (Lipinski definition) is 4. The third-order valence-corrected chi connectivity index (χ3v) is 1.34. The minimum atomic E-state index is 0.372. The Labute approximate surface area is 71.1 Å². The molecule has 0 spiro atoms. The first-order valence-electron chi connectivity index (χ1n) is 3.36. The molecule has 1 heterocycles. The lowest BCUT2D eigenvalue weighted by Crippen LogP contribution is -1.95. The molecule has 0 amide bonds. The molecule has 65 valence electrons. The van der Waals surface area contributed by atoms with Gasteiger partial charge in [0.15, 0.2) is 5.75 Å². The summed E-state index contributed by atoms with van der Waals surface area (Å²) in [7, 11) is 4.57. The average molecular weight is 168 g/mol. The molecule has 0 saturated carbocycles. The van der Waals surface area contributed by atoms with Crippen molar-refractivity contribution in [1.29, 1.82) is 0 Å². The molecule has 1 radical (unpaired) electrons. The first-order valence-corrected chi connectivity index (χ1v) is 3.36. The lowest BCUT2D eigenvalue weighted by Gasteiger charge is -2.06. The number of methoxy groups -OCH3 is 3. The van der Waals surface area contributed by atoms with Gasteiger partial charge in [0.05, 0.1) is 21.3 Å². The van der Waals surface area contributed by atoms with Gasteiger partial charge in [-0.15, -0.1) is 0 Å². The zero-order valence-corrected chi connectivity index (χ0v) is 7.25. The van der Waals surface area contributed by atoms with Crippen LogP contribution in [0.25, 0.3) is 0 Å². The summed E-state index contributed by atoms with van der Waals surface area (Å²) in [5.41, 5.74) is 0. The maximum Gasteiger partial charge on any atom is 0.260 e. The van der Waals surface area contributed by atoms with Crippen LogP contribution in [-0.4, -0.2) is 26.3 Å². The standard InChI is InChI=1S/C8H10NO3/c1-10-6-4-5-7(11-2)9-8(6)12-3/h5H,1-3H3. The molecule has 12 heavy (non-hydrogen) atoms. The molecule has 0 bridgehead atoms. The van der Waals surface area contributed by atoms with Crippen molar-refractivity contribution >= 4 is 0 Å². The van der Waals surface area contributed by atoms with Crippen LogP contribution in [0.15, 0.2) is 6.07 Å². The van der Waals surface area contributed by atoms with Gasteiger partial charge in [-0.2, -0.15) is 4.98 Å². The maximum absolute atomic E-state index is 4.94. The Morgan fingerprint density at radius 3 is 2.42 bits per heavy atom. The van der Waals surface area contributed by atoms with Crippen molar-refractivity contribution in [3.05, 3.63) is 12.1 Å². The van der Waals surface area contributed by atoms with Crippen LogP contribution < -0.4 is 14.2 Å². The molecular formula is C8H10NO3. The number of pyridine rings is 1. The summed E-state index contributed by atoms with van der Waals surface area (Å²) in [5, 5.41) is 0. The van der Waals surface area contributed by atoms with E-state index in [-0.39, 0.29) is 0 Å². The van der Waals surface area contributed by atoms with E-state index in [0.29, 0.717) is 17.5 Å². The first-order chi connectivity index (χ1) is 5.81. The van der Waals surface area contributed by atoms with Crippen molar-refractivity contribution in [3.63, 3.8) is 0 Å². The Balaban J connectivity index is 3.02. The molecule has 4 nitrogen and oxygen atoms in total. The summed E-state index contributed by atoms with van der Waals surface area (Å²) in [6.07, 6.45) is 0. The highest BCUT2D eigenvalue weighted by Crippen LogP contribution is 2.25. The Hall–Kier alpha value is -1.45. The second kappa shape index (κ2) is 3.80. The molecule has 0 N–H and O–H groups in total. The van der Waals surface area contributed by atoms with E-state index in [4.69, 9.17) is 14.2 Å². The van der Waals surface area contributed by atoms with Gasteiger partial charge in [-0.05, 0) is 0 Å². The smallest absolute Gasteiger partial charge is 0.260 e. The van der Waals surface area contributed by atoms with Gasteiger partial charge in [-0.3, -0.25) is 0 Å². The fourth-order valence-electron chi connectivity index (χ4n) is 0.761. The van der Waals surface area contributed by atoms with Gasteiger partial charge in [0.1, 0.15) is 0 Å². The van der Waals surface area contributed by atoms with Crippen molar-refractivity contribution in [1.82, 2.24) is 4.98 Å². The van der Waals surface area contributed by atoms with Crippen LogP contribution in [0.1, 0.15) is 0 Å². The van der Waals surface area contributed by atoms with E-state index >= 15 is 0 Å². The summed E-state index contributed by atoms with van der Waals surface area (Å²) in [6.45, 7) is 0. The Kier molecular flexibility index (Phi) is 2.74. The molecule has 0 aliphatic heterocycles. The van der Waals surface area contributed by atoms with Crippen LogP contribution >= 0.6 is 0 Å². The summed E-state index contributed by atoms with van der Waals surface area (Å²) >= 11 is 0. The summed E-state index contributed by atoms with van der Waals surface area (Å²) in [4.78, 5) is 3.98. The maximum atomic E-state index is 4.94. The van der Waals surface area contributed by atoms with Crippen LogP contribution in [-0.2, 0) is 0 Å². The molecule has 0 atom stereocenters. The van der Waals surface area contributed by atoms with E-state index in [1.54, 1.807) is 6.07 Å². The van der Waals surface area contributed by atoms with E-state index in [1.807, 2.05) is 0 Å². The minimum Gasteiger partial charge on any atom is -0.491 e. The minimum absolute atomic E-state index is 0.372. The number of hydrogen-bond donors (Lipinski definition) is 0. The highest BCUT2D eigenvalue weighted by molar-refractivity contribution is 5.35.